The number of thioether (sulfide) groups is 1. The molecule has 0 radical (unpaired) electrons. The van der Waals surface area contributed by atoms with Gasteiger partial charge in [-0.3, -0.25) is 19.3 Å². The number of halogens is 2. The Morgan fingerprint density at radius 1 is 1.21 bits per heavy atom. The molecule has 1 aliphatic rings. The number of para-hydroxylation sites is 1. The standard InChI is InChI=1S/C19H14ClFN2O4S/c20-13-5-3-6-14(21)12(13)10-27-15-7-2-1-4-11(15)8-16-18(25)23(9-17(22)24)19(26)28-16/h1-8H,9-10H2,(H2,22,24)/b16-8-. The van der Waals surface area contributed by atoms with E-state index in [-0.39, 0.29) is 22.1 Å². The van der Waals surface area contributed by atoms with E-state index in [4.69, 9.17) is 22.1 Å². The summed E-state index contributed by atoms with van der Waals surface area (Å²) in [6, 6.07) is 11.1. The van der Waals surface area contributed by atoms with Gasteiger partial charge in [-0.2, -0.15) is 0 Å². The Kier molecular flexibility index (Phi) is 6.01. The summed E-state index contributed by atoms with van der Waals surface area (Å²) in [5, 5.41) is -0.336. The molecule has 1 saturated heterocycles. The van der Waals surface area contributed by atoms with Gasteiger partial charge in [0.2, 0.25) is 5.91 Å². The summed E-state index contributed by atoms with van der Waals surface area (Å²) < 4.78 is 19.6. The molecule has 0 spiro atoms. The fraction of sp³-hybridized carbons (Fsp3) is 0.105. The Bertz CT molecular complexity index is 975. The van der Waals surface area contributed by atoms with Crippen LogP contribution in [0.2, 0.25) is 5.02 Å². The van der Waals surface area contributed by atoms with Crippen LogP contribution in [0.3, 0.4) is 0 Å². The molecule has 0 aromatic heterocycles. The van der Waals surface area contributed by atoms with Gasteiger partial charge in [0.25, 0.3) is 11.1 Å². The molecule has 0 unspecified atom stereocenters. The highest BCUT2D eigenvalue weighted by Crippen LogP contribution is 2.34. The Labute approximate surface area is 169 Å². The number of benzene rings is 2. The molecule has 9 heteroatoms. The van der Waals surface area contributed by atoms with Crippen molar-refractivity contribution in [3.63, 3.8) is 0 Å². The number of carbonyl (C=O) groups excluding carboxylic acids is 3. The first-order chi connectivity index (χ1) is 13.4. The molecule has 144 valence electrons. The van der Waals surface area contributed by atoms with Crippen LogP contribution in [-0.4, -0.2) is 28.5 Å². The smallest absolute Gasteiger partial charge is 0.294 e. The second-order valence-corrected chi connectivity index (χ2v) is 7.16. The first-order valence-corrected chi connectivity index (χ1v) is 9.24. The van der Waals surface area contributed by atoms with Gasteiger partial charge in [0, 0.05) is 11.1 Å². The Morgan fingerprint density at radius 3 is 2.68 bits per heavy atom. The fourth-order valence-corrected chi connectivity index (χ4v) is 3.53. The molecule has 1 fully saturated rings. The van der Waals surface area contributed by atoms with Gasteiger partial charge in [-0.25, -0.2) is 4.39 Å². The second kappa shape index (κ2) is 8.45. The minimum atomic E-state index is -0.783. The van der Waals surface area contributed by atoms with Crippen molar-refractivity contribution < 1.29 is 23.5 Å². The van der Waals surface area contributed by atoms with Crippen molar-refractivity contribution in [1.82, 2.24) is 4.90 Å². The lowest BCUT2D eigenvalue weighted by molar-refractivity contribution is -0.127. The van der Waals surface area contributed by atoms with Crippen LogP contribution >= 0.6 is 23.4 Å². The molecule has 28 heavy (non-hydrogen) atoms. The highest BCUT2D eigenvalue weighted by atomic mass is 35.5. The van der Waals surface area contributed by atoms with E-state index in [0.29, 0.717) is 23.1 Å². The molecule has 0 saturated carbocycles. The van der Waals surface area contributed by atoms with Gasteiger partial charge in [-0.15, -0.1) is 0 Å². The lowest BCUT2D eigenvalue weighted by Crippen LogP contribution is -2.36. The number of hydrogen-bond acceptors (Lipinski definition) is 5. The van der Waals surface area contributed by atoms with E-state index in [9.17, 15) is 18.8 Å². The van der Waals surface area contributed by atoms with Crippen molar-refractivity contribution in [2.24, 2.45) is 5.73 Å². The van der Waals surface area contributed by atoms with Gasteiger partial charge in [-0.05, 0) is 36.0 Å². The maximum atomic E-state index is 13.9. The van der Waals surface area contributed by atoms with Crippen LogP contribution in [0, 0.1) is 5.82 Å². The molecule has 3 rings (SSSR count). The summed E-state index contributed by atoms with van der Waals surface area (Å²) >= 11 is 6.71. The molecule has 2 N–H and O–H groups in total. The Balaban J connectivity index is 1.83. The molecule has 2 aromatic carbocycles. The summed E-state index contributed by atoms with van der Waals surface area (Å²) in [4.78, 5) is 36.2. The number of nitrogens with zero attached hydrogens (tertiary/aromatic N) is 1. The van der Waals surface area contributed by atoms with Gasteiger partial charge in [0.1, 0.15) is 24.7 Å². The fourth-order valence-electron chi connectivity index (χ4n) is 2.48. The van der Waals surface area contributed by atoms with Crippen LogP contribution in [0.25, 0.3) is 6.08 Å². The Morgan fingerprint density at radius 2 is 1.96 bits per heavy atom. The number of ether oxygens (including phenoxy) is 1. The number of amides is 3. The molecule has 0 aliphatic carbocycles. The van der Waals surface area contributed by atoms with E-state index in [2.05, 4.69) is 0 Å². The minimum Gasteiger partial charge on any atom is -0.488 e. The zero-order valence-electron chi connectivity index (χ0n) is 14.4. The first kappa shape index (κ1) is 19.9. The Hall–Kier alpha value is -2.84. The molecule has 1 heterocycles. The third-order valence-corrected chi connectivity index (χ3v) is 5.09. The van der Waals surface area contributed by atoms with Crippen LogP contribution in [-0.2, 0) is 16.2 Å². The summed E-state index contributed by atoms with van der Waals surface area (Å²) in [6.07, 6.45) is 1.48. The molecule has 1 aliphatic heterocycles. The zero-order valence-corrected chi connectivity index (χ0v) is 15.9. The summed E-state index contributed by atoms with van der Waals surface area (Å²) in [6.45, 7) is -0.592. The molecular weight excluding hydrogens is 407 g/mol. The quantitative estimate of drug-likeness (QED) is 0.721. The van der Waals surface area contributed by atoms with E-state index < -0.39 is 29.4 Å². The maximum absolute atomic E-state index is 13.9. The van der Waals surface area contributed by atoms with Crippen molar-refractivity contribution in [1.29, 1.82) is 0 Å². The van der Waals surface area contributed by atoms with Crippen molar-refractivity contribution >= 4 is 46.5 Å². The average molecular weight is 421 g/mol. The van der Waals surface area contributed by atoms with E-state index in [0.717, 1.165) is 4.90 Å². The third-order valence-electron chi connectivity index (χ3n) is 3.83. The molecule has 6 nitrogen and oxygen atoms in total. The van der Waals surface area contributed by atoms with Gasteiger partial charge >= 0.3 is 0 Å². The van der Waals surface area contributed by atoms with Crippen LogP contribution in [0.1, 0.15) is 11.1 Å². The molecule has 3 amide bonds. The number of hydrogen-bond donors (Lipinski definition) is 1. The number of rotatable bonds is 6. The van der Waals surface area contributed by atoms with Gasteiger partial charge in [-0.1, -0.05) is 35.9 Å². The topological polar surface area (TPSA) is 89.7 Å². The highest BCUT2D eigenvalue weighted by Gasteiger charge is 2.36. The van der Waals surface area contributed by atoms with Gasteiger partial charge in [0.05, 0.1) is 9.93 Å². The summed E-state index contributed by atoms with van der Waals surface area (Å²) in [7, 11) is 0. The van der Waals surface area contributed by atoms with Gasteiger partial charge < -0.3 is 10.5 Å². The van der Waals surface area contributed by atoms with Crippen molar-refractivity contribution in [2.75, 3.05) is 6.54 Å². The largest absolute Gasteiger partial charge is 0.488 e. The number of nitrogens with two attached hydrogens (primary N) is 1. The number of primary amides is 1. The predicted octanol–water partition coefficient (Wildman–Crippen LogP) is 3.58. The second-order valence-electron chi connectivity index (χ2n) is 5.76. The highest BCUT2D eigenvalue weighted by molar-refractivity contribution is 8.18. The summed E-state index contributed by atoms with van der Waals surface area (Å²) in [5.41, 5.74) is 5.79. The third kappa shape index (κ3) is 4.35. The van der Waals surface area contributed by atoms with Crippen LogP contribution in [0.5, 0.6) is 5.75 Å². The van der Waals surface area contributed by atoms with Gasteiger partial charge in [0.15, 0.2) is 0 Å². The molecule has 0 bridgehead atoms. The van der Waals surface area contributed by atoms with Crippen LogP contribution in [0.4, 0.5) is 9.18 Å². The van der Waals surface area contributed by atoms with Crippen molar-refractivity contribution in [3.8, 4) is 5.75 Å². The van der Waals surface area contributed by atoms with E-state index >= 15 is 0 Å². The normalized spacial score (nSPS) is 15.4. The van der Waals surface area contributed by atoms with E-state index in [1.807, 2.05) is 0 Å². The van der Waals surface area contributed by atoms with Crippen LogP contribution in [0.15, 0.2) is 47.4 Å². The minimum absolute atomic E-state index is 0.112. The van der Waals surface area contributed by atoms with Crippen LogP contribution < -0.4 is 10.5 Å². The average Bonchev–Trinajstić information content (AvgIpc) is 2.89. The molecule has 2 aromatic rings. The zero-order chi connectivity index (χ0) is 20.3. The van der Waals surface area contributed by atoms with Crippen molar-refractivity contribution in [2.45, 2.75) is 6.61 Å². The number of imide groups is 1. The van der Waals surface area contributed by atoms with E-state index in [1.54, 1.807) is 30.3 Å². The molecular formula is C19H14ClFN2O4S. The first-order valence-electron chi connectivity index (χ1n) is 8.05. The maximum Gasteiger partial charge on any atom is 0.294 e. The predicted molar refractivity (Wildman–Crippen MR) is 104 cm³/mol. The van der Waals surface area contributed by atoms with E-state index in [1.165, 1.54) is 18.2 Å². The lowest BCUT2D eigenvalue weighted by Gasteiger charge is -2.11. The molecule has 0 atom stereocenters. The summed E-state index contributed by atoms with van der Waals surface area (Å²) in [5.74, 6) is -1.50. The lowest BCUT2D eigenvalue weighted by atomic mass is 10.1. The number of carbonyl (C=O) groups is 3. The monoisotopic (exact) mass is 420 g/mol. The SMILES string of the molecule is NC(=O)CN1C(=O)S/C(=C\c2ccccc2OCc2c(F)cccc2Cl)C1=O. The van der Waals surface area contributed by atoms with Crippen molar-refractivity contribution in [3.05, 3.63) is 69.3 Å².